The quantitative estimate of drug-likeness (QED) is 0.827. The molecule has 1 saturated heterocycles. The lowest BCUT2D eigenvalue weighted by atomic mass is 10.0. The van der Waals surface area contributed by atoms with Crippen LogP contribution in [0.25, 0.3) is 0 Å². The average molecular weight is 305 g/mol. The minimum atomic E-state index is -0.155. The Morgan fingerprint density at radius 3 is 3.00 bits per heavy atom. The van der Waals surface area contributed by atoms with Crippen LogP contribution in [0.4, 0.5) is 0 Å². The smallest absolute Gasteiger partial charge is 0.249 e. The molecule has 1 atom stereocenters. The summed E-state index contributed by atoms with van der Waals surface area (Å²) in [5, 5.41) is 14.8. The van der Waals surface area contributed by atoms with Crippen LogP contribution in [0.1, 0.15) is 56.8 Å². The number of tetrazole rings is 1. The molecule has 0 aromatic carbocycles. The Kier molecular flexibility index (Phi) is 4.12. The molecule has 2 aromatic rings. The third-order valence-electron chi connectivity index (χ3n) is 3.77. The van der Waals surface area contributed by atoms with E-state index in [0.29, 0.717) is 18.3 Å². The molecule has 0 aliphatic carbocycles. The van der Waals surface area contributed by atoms with Gasteiger partial charge in [-0.15, -0.1) is 5.10 Å². The van der Waals surface area contributed by atoms with Gasteiger partial charge < -0.3 is 9.42 Å². The molecule has 0 bridgehead atoms. The topological polar surface area (TPSA) is 103 Å². The van der Waals surface area contributed by atoms with E-state index in [2.05, 4.69) is 25.7 Å². The van der Waals surface area contributed by atoms with Gasteiger partial charge in [0.15, 0.2) is 5.82 Å². The summed E-state index contributed by atoms with van der Waals surface area (Å²) in [5.41, 5.74) is 0. The van der Waals surface area contributed by atoms with Crippen molar-refractivity contribution in [2.75, 3.05) is 6.54 Å². The highest BCUT2D eigenvalue weighted by molar-refractivity contribution is 5.76. The Balaban J connectivity index is 1.76. The van der Waals surface area contributed by atoms with Crippen LogP contribution in [0.2, 0.25) is 0 Å². The molecule has 1 aliphatic heterocycles. The number of carbonyl (C=O) groups is 1. The van der Waals surface area contributed by atoms with Crippen LogP contribution in [0, 0.1) is 0 Å². The van der Waals surface area contributed by atoms with E-state index in [4.69, 9.17) is 4.52 Å². The molecule has 9 nitrogen and oxygen atoms in total. The molecule has 0 spiro atoms. The van der Waals surface area contributed by atoms with Crippen molar-refractivity contribution in [3.8, 4) is 0 Å². The van der Waals surface area contributed by atoms with E-state index in [1.807, 2.05) is 13.8 Å². The summed E-state index contributed by atoms with van der Waals surface area (Å²) in [5.74, 6) is 1.36. The maximum Gasteiger partial charge on any atom is 0.249 e. The standard InChI is InChI=1S/C13H19N7O2/c1-9(2)12-15-13(22-16-12)10-5-3-4-6-20(10)11(21)7-19-8-14-17-18-19/h8-10H,3-7H2,1-2H3. The summed E-state index contributed by atoms with van der Waals surface area (Å²) < 4.78 is 6.80. The summed E-state index contributed by atoms with van der Waals surface area (Å²) in [6.45, 7) is 4.83. The van der Waals surface area contributed by atoms with Crippen molar-refractivity contribution in [2.45, 2.75) is 51.6 Å². The van der Waals surface area contributed by atoms with Crippen LogP contribution in [0.5, 0.6) is 0 Å². The summed E-state index contributed by atoms with van der Waals surface area (Å²) in [6.07, 6.45) is 4.28. The number of nitrogens with zero attached hydrogens (tertiary/aromatic N) is 7. The normalized spacial score (nSPS) is 18.9. The van der Waals surface area contributed by atoms with Crippen molar-refractivity contribution in [1.82, 2.24) is 35.2 Å². The van der Waals surface area contributed by atoms with Gasteiger partial charge in [0.05, 0.1) is 0 Å². The number of carbonyl (C=O) groups excluding carboxylic acids is 1. The Morgan fingerprint density at radius 1 is 1.45 bits per heavy atom. The lowest BCUT2D eigenvalue weighted by molar-refractivity contribution is -0.136. The number of rotatable bonds is 4. The van der Waals surface area contributed by atoms with Crippen molar-refractivity contribution in [3.05, 3.63) is 18.0 Å². The van der Waals surface area contributed by atoms with Gasteiger partial charge in [0.2, 0.25) is 11.8 Å². The zero-order valence-electron chi connectivity index (χ0n) is 12.7. The van der Waals surface area contributed by atoms with Crippen molar-refractivity contribution in [1.29, 1.82) is 0 Å². The van der Waals surface area contributed by atoms with Gasteiger partial charge in [-0.1, -0.05) is 19.0 Å². The van der Waals surface area contributed by atoms with Gasteiger partial charge >= 0.3 is 0 Å². The number of hydrogen-bond donors (Lipinski definition) is 0. The second-order valence-electron chi connectivity index (χ2n) is 5.75. The van der Waals surface area contributed by atoms with Crippen molar-refractivity contribution < 1.29 is 9.32 Å². The Bertz CT molecular complexity index is 622. The molecule has 0 N–H and O–H groups in total. The number of hydrogen-bond acceptors (Lipinski definition) is 7. The van der Waals surface area contributed by atoms with Gasteiger partial charge in [0, 0.05) is 12.5 Å². The van der Waals surface area contributed by atoms with Gasteiger partial charge in [-0.25, -0.2) is 4.68 Å². The molecule has 3 rings (SSSR count). The van der Waals surface area contributed by atoms with Gasteiger partial charge in [-0.3, -0.25) is 4.79 Å². The van der Waals surface area contributed by atoms with Crippen LogP contribution in [0.15, 0.2) is 10.9 Å². The maximum atomic E-state index is 12.5. The number of aromatic nitrogens is 6. The summed E-state index contributed by atoms with van der Waals surface area (Å²) in [4.78, 5) is 18.7. The van der Waals surface area contributed by atoms with Crippen LogP contribution in [-0.4, -0.2) is 47.7 Å². The molecule has 118 valence electrons. The van der Waals surface area contributed by atoms with Gasteiger partial charge in [-0.05, 0) is 29.7 Å². The lowest BCUT2D eigenvalue weighted by Crippen LogP contribution is -2.40. The Hall–Kier alpha value is -2.32. The lowest BCUT2D eigenvalue weighted by Gasteiger charge is -2.33. The fraction of sp³-hybridized carbons (Fsp3) is 0.692. The molecular formula is C13H19N7O2. The second kappa shape index (κ2) is 6.20. The van der Waals surface area contributed by atoms with E-state index in [-0.39, 0.29) is 24.4 Å². The highest BCUT2D eigenvalue weighted by atomic mass is 16.5. The third-order valence-corrected chi connectivity index (χ3v) is 3.77. The van der Waals surface area contributed by atoms with Crippen molar-refractivity contribution in [3.63, 3.8) is 0 Å². The number of piperidine rings is 1. The fourth-order valence-electron chi connectivity index (χ4n) is 2.59. The van der Waals surface area contributed by atoms with Crippen LogP contribution in [0.3, 0.4) is 0 Å². The zero-order chi connectivity index (χ0) is 15.5. The average Bonchev–Trinajstić information content (AvgIpc) is 3.18. The first kappa shape index (κ1) is 14.6. The monoisotopic (exact) mass is 305 g/mol. The molecular weight excluding hydrogens is 286 g/mol. The molecule has 1 aliphatic rings. The minimum Gasteiger partial charge on any atom is -0.337 e. The highest BCUT2D eigenvalue weighted by Gasteiger charge is 2.32. The van der Waals surface area contributed by atoms with E-state index >= 15 is 0 Å². The molecule has 1 amide bonds. The predicted octanol–water partition coefficient (Wildman–Crippen LogP) is 0.933. The molecule has 1 unspecified atom stereocenters. The summed E-state index contributed by atoms with van der Waals surface area (Å²) in [7, 11) is 0. The van der Waals surface area contributed by atoms with E-state index in [9.17, 15) is 4.79 Å². The fourth-order valence-corrected chi connectivity index (χ4v) is 2.59. The zero-order valence-corrected chi connectivity index (χ0v) is 12.7. The summed E-state index contributed by atoms with van der Waals surface area (Å²) in [6, 6.07) is -0.155. The van der Waals surface area contributed by atoms with E-state index in [0.717, 1.165) is 19.3 Å². The van der Waals surface area contributed by atoms with Gasteiger partial charge in [0.25, 0.3) is 0 Å². The predicted molar refractivity (Wildman–Crippen MR) is 74.5 cm³/mol. The SMILES string of the molecule is CC(C)c1noc(C2CCCCN2C(=O)Cn2cnnn2)n1. The first-order valence-electron chi connectivity index (χ1n) is 7.49. The largest absolute Gasteiger partial charge is 0.337 e. The molecule has 9 heteroatoms. The molecule has 22 heavy (non-hydrogen) atoms. The highest BCUT2D eigenvalue weighted by Crippen LogP contribution is 2.30. The third kappa shape index (κ3) is 2.97. The number of amides is 1. The van der Waals surface area contributed by atoms with Crippen molar-refractivity contribution in [2.24, 2.45) is 0 Å². The van der Waals surface area contributed by atoms with E-state index < -0.39 is 0 Å². The van der Waals surface area contributed by atoms with Gasteiger partial charge in [0.1, 0.15) is 18.9 Å². The molecule has 0 radical (unpaired) electrons. The van der Waals surface area contributed by atoms with E-state index in [1.165, 1.54) is 11.0 Å². The van der Waals surface area contributed by atoms with Crippen LogP contribution in [-0.2, 0) is 11.3 Å². The second-order valence-corrected chi connectivity index (χ2v) is 5.75. The molecule has 3 heterocycles. The van der Waals surface area contributed by atoms with Crippen molar-refractivity contribution >= 4 is 5.91 Å². The van der Waals surface area contributed by atoms with Crippen LogP contribution < -0.4 is 0 Å². The minimum absolute atomic E-state index is 0.0405. The molecule has 1 fully saturated rings. The van der Waals surface area contributed by atoms with Crippen LogP contribution >= 0.6 is 0 Å². The summed E-state index contributed by atoms with van der Waals surface area (Å²) >= 11 is 0. The Morgan fingerprint density at radius 2 is 2.32 bits per heavy atom. The maximum absolute atomic E-state index is 12.5. The first-order valence-corrected chi connectivity index (χ1v) is 7.49. The molecule has 2 aromatic heterocycles. The van der Waals surface area contributed by atoms with Gasteiger partial charge in [-0.2, -0.15) is 4.98 Å². The number of likely N-dealkylation sites (tertiary alicyclic amines) is 1. The Labute approximate surface area is 127 Å². The molecule has 0 saturated carbocycles. The van der Waals surface area contributed by atoms with E-state index in [1.54, 1.807) is 4.90 Å². The first-order chi connectivity index (χ1) is 10.6.